The predicted octanol–water partition coefficient (Wildman–Crippen LogP) is 3.54. The number of aromatic carboxylic acids is 1. The molecule has 25 heavy (non-hydrogen) atoms. The Kier molecular flexibility index (Phi) is 6.09. The van der Waals surface area contributed by atoms with Crippen molar-refractivity contribution < 1.29 is 23.8 Å². The van der Waals surface area contributed by atoms with Gasteiger partial charge in [-0.2, -0.15) is 0 Å². The summed E-state index contributed by atoms with van der Waals surface area (Å²) in [6.07, 6.45) is 0.856. The summed E-state index contributed by atoms with van der Waals surface area (Å²) in [5.41, 5.74) is 1.05. The molecular weight excluding hydrogens is 346 g/mol. The van der Waals surface area contributed by atoms with Gasteiger partial charge in [0.05, 0.1) is 18.7 Å². The molecule has 0 unspecified atom stereocenters. The summed E-state index contributed by atoms with van der Waals surface area (Å²) in [6, 6.07) is 6.87. The maximum atomic E-state index is 12.3. The quantitative estimate of drug-likeness (QED) is 0.811. The van der Waals surface area contributed by atoms with Crippen molar-refractivity contribution in [1.82, 2.24) is 4.90 Å². The van der Waals surface area contributed by atoms with Crippen LogP contribution in [0.1, 0.15) is 33.9 Å². The molecule has 1 amide bonds. The highest BCUT2D eigenvalue weighted by Crippen LogP contribution is 2.25. The molecule has 0 radical (unpaired) electrons. The zero-order chi connectivity index (χ0) is 18.6. The second kappa shape index (κ2) is 8.07. The summed E-state index contributed by atoms with van der Waals surface area (Å²) >= 11 is 6.08. The van der Waals surface area contributed by atoms with Crippen LogP contribution < -0.4 is 4.74 Å². The van der Waals surface area contributed by atoms with Crippen LogP contribution >= 0.6 is 11.6 Å². The van der Waals surface area contributed by atoms with Crippen LogP contribution in [0.5, 0.6) is 5.75 Å². The predicted molar refractivity (Wildman–Crippen MR) is 93.2 cm³/mol. The van der Waals surface area contributed by atoms with E-state index in [2.05, 4.69) is 0 Å². The largest absolute Gasteiger partial charge is 0.495 e. The van der Waals surface area contributed by atoms with Gasteiger partial charge in [-0.25, -0.2) is 4.79 Å². The lowest BCUT2D eigenvalue weighted by Gasteiger charge is -2.15. The number of furan rings is 1. The highest BCUT2D eigenvalue weighted by molar-refractivity contribution is 6.32. The van der Waals surface area contributed by atoms with Gasteiger partial charge in [0.25, 0.3) is 0 Å². The lowest BCUT2D eigenvalue weighted by molar-refractivity contribution is -0.130. The number of carboxylic acids is 1. The van der Waals surface area contributed by atoms with E-state index in [1.807, 2.05) is 6.07 Å². The Labute approximate surface area is 150 Å². The van der Waals surface area contributed by atoms with Gasteiger partial charge in [-0.1, -0.05) is 17.7 Å². The summed E-state index contributed by atoms with van der Waals surface area (Å²) in [5, 5.41) is 9.54. The first-order valence-electron chi connectivity index (χ1n) is 7.70. The van der Waals surface area contributed by atoms with Gasteiger partial charge in [-0.05, 0) is 37.1 Å². The lowest BCUT2D eigenvalue weighted by atomic mass is 10.1. The normalized spacial score (nSPS) is 10.6. The Balaban J connectivity index is 1.93. The molecule has 1 N–H and O–H groups in total. The second-order valence-electron chi connectivity index (χ2n) is 5.71. The van der Waals surface area contributed by atoms with Crippen LogP contribution in [0.15, 0.2) is 28.7 Å². The number of carboxylic acid groups (broad SMARTS) is 1. The zero-order valence-electron chi connectivity index (χ0n) is 14.3. The number of carbonyl (C=O) groups is 2. The van der Waals surface area contributed by atoms with E-state index in [4.69, 9.17) is 25.9 Å². The monoisotopic (exact) mass is 365 g/mol. The van der Waals surface area contributed by atoms with Crippen molar-refractivity contribution in [2.75, 3.05) is 14.2 Å². The third-order valence-electron chi connectivity index (χ3n) is 3.86. The summed E-state index contributed by atoms with van der Waals surface area (Å²) in [6.45, 7) is 1.80. The van der Waals surface area contributed by atoms with Crippen molar-refractivity contribution in [1.29, 1.82) is 0 Å². The topological polar surface area (TPSA) is 80.0 Å². The highest BCUT2D eigenvalue weighted by Gasteiger charge is 2.17. The molecule has 0 aliphatic carbocycles. The van der Waals surface area contributed by atoms with Gasteiger partial charge in [0.2, 0.25) is 5.91 Å². The summed E-state index contributed by atoms with van der Waals surface area (Å²) in [4.78, 5) is 24.8. The molecule has 6 nitrogen and oxygen atoms in total. The molecule has 0 fully saturated rings. The maximum Gasteiger partial charge on any atom is 0.339 e. The van der Waals surface area contributed by atoms with Crippen molar-refractivity contribution in [3.05, 3.63) is 51.9 Å². The van der Waals surface area contributed by atoms with E-state index in [0.29, 0.717) is 35.1 Å². The summed E-state index contributed by atoms with van der Waals surface area (Å²) < 4.78 is 10.5. The fourth-order valence-corrected chi connectivity index (χ4v) is 2.74. The standard InChI is InChI=1S/C18H20ClNO5/c1-11-14(18(22)23)9-13(25-11)10-20(2)17(21)7-5-12-4-6-16(24-3)15(19)8-12/h4,6,8-9H,5,7,10H2,1-3H3,(H,22,23). The fourth-order valence-electron chi connectivity index (χ4n) is 2.46. The van der Waals surface area contributed by atoms with Gasteiger partial charge in [-0.15, -0.1) is 0 Å². The molecule has 0 saturated carbocycles. The average molecular weight is 366 g/mol. The molecule has 7 heteroatoms. The molecule has 0 bridgehead atoms. The first-order valence-corrected chi connectivity index (χ1v) is 8.08. The minimum absolute atomic E-state index is 0.0714. The summed E-state index contributed by atoms with van der Waals surface area (Å²) in [7, 11) is 3.20. The van der Waals surface area contributed by atoms with Crippen molar-refractivity contribution in [3.8, 4) is 5.75 Å². The van der Waals surface area contributed by atoms with E-state index < -0.39 is 5.97 Å². The number of rotatable bonds is 7. The number of aryl methyl sites for hydroxylation is 2. The molecule has 0 aliphatic heterocycles. The number of halogens is 1. The van der Waals surface area contributed by atoms with E-state index in [1.165, 1.54) is 11.0 Å². The van der Waals surface area contributed by atoms with Crippen LogP contribution in [-0.2, 0) is 17.8 Å². The molecule has 0 atom stereocenters. The van der Waals surface area contributed by atoms with Gasteiger partial charge >= 0.3 is 5.97 Å². The molecule has 0 saturated heterocycles. The van der Waals surface area contributed by atoms with E-state index in [0.717, 1.165) is 5.56 Å². The van der Waals surface area contributed by atoms with E-state index >= 15 is 0 Å². The van der Waals surface area contributed by atoms with Gasteiger partial charge in [0.1, 0.15) is 22.8 Å². The third-order valence-corrected chi connectivity index (χ3v) is 4.16. The molecular formula is C18H20ClNO5. The van der Waals surface area contributed by atoms with Gasteiger partial charge in [0, 0.05) is 13.5 Å². The molecule has 1 heterocycles. The fraction of sp³-hybridized carbons (Fsp3) is 0.333. The number of carbonyl (C=O) groups excluding carboxylic acids is 1. The van der Waals surface area contributed by atoms with Crippen LogP contribution in [0.3, 0.4) is 0 Å². The Bertz CT molecular complexity index is 784. The number of ether oxygens (including phenoxy) is 1. The Morgan fingerprint density at radius 2 is 2.04 bits per heavy atom. The Morgan fingerprint density at radius 1 is 1.32 bits per heavy atom. The number of benzene rings is 1. The van der Waals surface area contributed by atoms with Crippen LogP contribution in [0.4, 0.5) is 0 Å². The van der Waals surface area contributed by atoms with Gasteiger partial charge < -0.3 is 19.2 Å². The maximum absolute atomic E-state index is 12.3. The van der Waals surface area contributed by atoms with Gasteiger partial charge in [-0.3, -0.25) is 4.79 Å². The van der Waals surface area contributed by atoms with Crippen LogP contribution in [0.2, 0.25) is 5.02 Å². The third kappa shape index (κ3) is 4.76. The number of hydrogen-bond acceptors (Lipinski definition) is 4. The van der Waals surface area contributed by atoms with Crippen molar-refractivity contribution in [2.24, 2.45) is 0 Å². The SMILES string of the molecule is COc1ccc(CCC(=O)N(C)Cc2cc(C(=O)O)c(C)o2)cc1Cl. The van der Waals surface area contributed by atoms with Crippen LogP contribution in [0, 0.1) is 6.92 Å². The molecule has 2 rings (SSSR count). The Morgan fingerprint density at radius 3 is 2.60 bits per heavy atom. The van der Waals surface area contributed by atoms with E-state index in [-0.39, 0.29) is 18.0 Å². The molecule has 0 spiro atoms. The summed E-state index contributed by atoms with van der Waals surface area (Å²) in [5.74, 6) is 0.251. The number of amides is 1. The molecule has 2 aromatic rings. The average Bonchev–Trinajstić information content (AvgIpc) is 2.93. The Hall–Kier alpha value is -2.47. The first-order chi connectivity index (χ1) is 11.8. The number of methoxy groups -OCH3 is 1. The molecule has 1 aromatic carbocycles. The van der Waals surface area contributed by atoms with Gasteiger partial charge in [0.15, 0.2) is 0 Å². The van der Waals surface area contributed by atoms with E-state index in [1.54, 1.807) is 33.2 Å². The van der Waals surface area contributed by atoms with Crippen molar-refractivity contribution >= 4 is 23.5 Å². The van der Waals surface area contributed by atoms with Crippen LogP contribution in [-0.4, -0.2) is 36.0 Å². The highest BCUT2D eigenvalue weighted by atomic mass is 35.5. The second-order valence-corrected chi connectivity index (χ2v) is 6.11. The number of hydrogen-bond donors (Lipinski definition) is 1. The van der Waals surface area contributed by atoms with Crippen molar-refractivity contribution in [3.63, 3.8) is 0 Å². The van der Waals surface area contributed by atoms with Crippen molar-refractivity contribution in [2.45, 2.75) is 26.3 Å². The number of nitrogens with zero attached hydrogens (tertiary/aromatic N) is 1. The van der Waals surface area contributed by atoms with Crippen LogP contribution in [0.25, 0.3) is 0 Å². The minimum Gasteiger partial charge on any atom is -0.495 e. The first kappa shape index (κ1) is 18.9. The zero-order valence-corrected chi connectivity index (χ0v) is 15.1. The lowest BCUT2D eigenvalue weighted by Crippen LogP contribution is -2.26. The smallest absolute Gasteiger partial charge is 0.339 e. The molecule has 1 aromatic heterocycles. The molecule has 134 valence electrons. The molecule has 0 aliphatic rings. The minimum atomic E-state index is -1.04. The van der Waals surface area contributed by atoms with E-state index in [9.17, 15) is 9.59 Å².